The Kier molecular flexibility index (Phi) is 5.44. The predicted octanol–water partition coefficient (Wildman–Crippen LogP) is 0.772. The van der Waals surface area contributed by atoms with Gasteiger partial charge in [0.05, 0.1) is 7.11 Å². The van der Waals surface area contributed by atoms with Crippen molar-refractivity contribution in [3.05, 3.63) is 18.3 Å². The van der Waals surface area contributed by atoms with E-state index in [0.717, 1.165) is 4.90 Å². The van der Waals surface area contributed by atoms with Crippen molar-refractivity contribution >= 4 is 23.6 Å². The van der Waals surface area contributed by atoms with E-state index < -0.39 is 12.0 Å². The van der Waals surface area contributed by atoms with Gasteiger partial charge < -0.3 is 15.2 Å². The summed E-state index contributed by atoms with van der Waals surface area (Å²) in [6.07, 6.45) is 1.58. The topological polar surface area (TPSA) is 88.5 Å². The average molecular weight is 270 g/mol. The zero-order chi connectivity index (χ0) is 13.5. The van der Waals surface area contributed by atoms with Crippen LogP contribution in [-0.2, 0) is 9.59 Å². The molecular weight excluding hydrogens is 256 g/mol. The molecule has 0 saturated carbocycles. The number of hydrogen-bond acceptors (Lipinski definition) is 5. The first kappa shape index (κ1) is 14.3. The summed E-state index contributed by atoms with van der Waals surface area (Å²) < 4.78 is 4.96. The van der Waals surface area contributed by atoms with Crippen LogP contribution in [0.15, 0.2) is 23.2 Å². The molecule has 1 atom stereocenters. The second kappa shape index (κ2) is 6.85. The van der Waals surface area contributed by atoms with E-state index in [-0.39, 0.29) is 11.7 Å². The molecule has 0 bridgehead atoms. The Morgan fingerprint density at radius 1 is 1.61 bits per heavy atom. The quantitative estimate of drug-likeness (QED) is 0.742. The Hall–Kier alpha value is -1.76. The van der Waals surface area contributed by atoms with Gasteiger partial charge in [-0.05, 0) is 6.07 Å². The molecule has 1 aromatic heterocycles. The number of nitrogens with zero attached hydrogens (tertiary/aromatic N) is 1. The maximum atomic E-state index is 10.9. The van der Waals surface area contributed by atoms with E-state index in [0.29, 0.717) is 5.88 Å². The molecule has 0 radical (unpaired) electrons. The molecule has 1 heterocycles. The van der Waals surface area contributed by atoms with E-state index >= 15 is 0 Å². The number of ether oxygens (including phenoxy) is 1. The fraction of sp³-hybridized carbons (Fsp3) is 0.364. The number of nitrogens with one attached hydrogen (secondary N) is 1. The predicted molar refractivity (Wildman–Crippen MR) is 66.8 cm³/mol. The van der Waals surface area contributed by atoms with Crippen LogP contribution in [-0.4, -0.2) is 40.9 Å². The number of methoxy groups -OCH3 is 1. The second-order valence-electron chi connectivity index (χ2n) is 3.44. The van der Waals surface area contributed by atoms with Gasteiger partial charge in [0.25, 0.3) is 0 Å². The molecular formula is C11H14N2O4S. The summed E-state index contributed by atoms with van der Waals surface area (Å²) in [5, 5.41) is 11.3. The molecule has 2 N–H and O–H groups in total. The number of aromatic nitrogens is 1. The van der Waals surface area contributed by atoms with Crippen LogP contribution >= 0.6 is 11.8 Å². The van der Waals surface area contributed by atoms with Crippen molar-refractivity contribution in [2.75, 3.05) is 12.9 Å². The van der Waals surface area contributed by atoms with Crippen molar-refractivity contribution in [3.8, 4) is 5.88 Å². The van der Waals surface area contributed by atoms with Gasteiger partial charge in [0.1, 0.15) is 6.04 Å². The van der Waals surface area contributed by atoms with Gasteiger partial charge in [-0.1, -0.05) is 0 Å². The van der Waals surface area contributed by atoms with E-state index in [1.807, 2.05) is 0 Å². The lowest BCUT2D eigenvalue weighted by Crippen LogP contribution is -2.41. The highest BCUT2D eigenvalue weighted by Gasteiger charge is 2.18. The van der Waals surface area contributed by atoms with Crippen LogP contribution in [0.25, 0.3) is 0 Å². The van der Waals surface area contributed by atoms with Gasteiger partial charge in [-0.15, -0.1) is 11.8 Å². The van der Waals surface area contributed by atoms with Gasteiger partial charge >= 0.3 is 5.97 Å². The van der Waals surface area contributed by atoms with Gasteiger partial charge in [0.2, 0.25) is 11.8 Å². The number of hydrogen-bond donors (Lipinski definition) is 2. The number of carboxylic acid groups (broad SMARTS) is 1. The molecule has 1 unspecified atom stereocenters. The lowest BCUT2D eigenvalue weighted by atomic mass is 10.3. The minimum atomic E-state index is -1.06. The minimum absolute atomic E-state index is 0.238. The summed E-state index contributed by atoms with van der Waals surface area (Å²) >= 11 is 1.31. The van der Waals surface area contributed by atoms with Crippen molar-refractivity contribution in [3.63, 3.8) is 0 Å². The smallest absolute Gasteiger partial charge is 0.327 e. The van der Waals surface area contributed by atoms with Crippen LogP contribution in [0.4, 0.5) is 0 Å². The van der Waals surface area contributed by atoms with E-state index in [1.54, 1.807) is 18.3 Å². The molecule has 0 spiro atoms. The van der Waals surface area contributed by atoms with Gasteiger partial charge in [0, 0.05) is 29.8 Å². The number of carboxylic acids is 1. The molecule has 1 aromatic rings. The fourth-order valence-electron chi connectivity index (χ4n) is 1.19. The normalized spacial score (nSPS) is 11.7. The lowest BCUT2D eigenvalue weighted by Gasteiger charge is -2.12. The third kappa shape index (κ3) is 4.62. The molecule has 18 heavy (non-hydrogen) atoms. The molecule has 0 aliphatic carbocycles. The number of carbonyl (C=O) groups excluding carboxylic acids is 1. The van der Waals surface area contributed by atoms with Gasteiger partial charge in [-0.25, -0.2) is 9.78 Å². The Morgan fingerprint density at radius 3 is 2.89 bits per heavy atom. The number of carbonyl (C=O) groups is 2. The molecule has 1 rings (SSSR count). The SMILES string of the molecule is COc1cc(SCC(NC(C)=O)C(=O)O)ccn1. The van der Waals surface area contributed by atoms with Crippen LogP contribution in [0.1, 0.15) is 6.92 Å². The molecule has 0 aliphatic heterocycles. The highest BCUT2D eigenvalue weighted by Crippen LogP contribution is 2.21. The fourth-order valence-corrected chi connectivity index (χ4v) is 2.12. The highest BCUT2D eigenvalue weighted by molar-refractivity contribution is 7.99. The van der Waals surface area contributed by atoms with Crippen molar-refractivity contribution in [2.24, 2.45) is 0 Å². The van der Waals surface area contributed by atoms with Crippen LogP contribution in [0, 0.1) is 0 Å². The number of aliphatic carboxylic acids is 1. The number of amides is 1. The van der Waals surface area contributed by atoms with Crippen LogP contribution < -0.4 is 10.1 Å². The summed E-state index contributed by atoms with van der Waals surface area (Å²) in [4.78, 5) is 26.5. The maximum absolute atomic E-state index is 10.9. The largest absolute Gasteiger partial charge is 0.481 e. The highest BCUT2D eigenvalue weighted by atomic mass is 32.2. The number of thioether (sulfide) groups is 1. The van der Waals surface area contributed by atoms with Crippen molar-refractivity contribution < 1.29 is 19.4 Å². The van der Waals surface area contributed by atoms with Crippen LogP contribution in [0.3, 0.4) is 0 Å². The summed E-state index contributed by atoms with van der Waals surface area (Å²) in [6.45, 7) is 1.29. The third-order valence-corrected chi connectivity index (χ3v) is 3.09. The molecule has 7 heteroatoms. The Labute approximate surface area is 109 Å². The van der Waals surface area contributed by atoms with Gasteiger partial charge in [0.15, 0.2) is 0 Å². The number of rotatable bonds is 6. The summed E-state index contributed by atoms with van der Waals surface area (Å²) in [5.41, 5.74) is 0. The Balaban J connectivity index is 2.60. The van der Waals surface area contributed by atoms with E-state index in [4.69, 9.17) is 9.84 Å². The van der Waals surface area contributed by atoms with E-state index in [1.165, 1.54) is 25.8 Å². The summed E-state index contributed by atoms with van der Waals surface area (Å²) in [7, 11) is 1.51. The number of pyridine rings is 1. The molecule has 0 saturated heterocycles. The van der Waals surface area contributed by atoms with Crippen LogP contribution in [0.5, 0.6) is 5.88 Å². The third-order valence-electron chi connectivity index (χ3n) is 2.01. The summed E-state index contributed by atoms with van der Waals surface area (Å²) in [5.74, 6) is -0.720. The molecule has 6 nitrogen and oxygen atoms in total. The molecule has 98 valence electrons. The zero-order valence-corrected chi connectivity index (χ0v) is 10.9. The lowest BCUT2D eigenvalue weighted by molar-refractivity contribution is -0.140. The first-order chi connectivity index (χ1) is 8.52. The Bertz CT molecular complexity index is 439. The first-order valence-electron chi connectivity index (χ1n) is 5.15. The van der Waals surface area contributed by atoms with Gasteiger partial charge in [-0.2, -0.15) is 0 Å². The van der Waals surface area contributed by atoms with E-state index in [9.17, 15) is 9.59 Å². The van der Waals surface area contributed by atoms with Crippen LogP contribution in [0.2, 0.25) is 0 Å². The zero-order valence-electron chi connectivity index (χ0n) is 10.0. The minimum Gasteiger partial charge on any atom is -0.481 e. The Morgan fingerprint density at radius 2 is 2.33 bits per heavy atom. The van der Waals surface area contributed by atoms with Crippen molar-refractivity contribution in [1.82, 2.24) is 10.3 Å². The maximum Gasteiger partial charge on any atom is 0.327 e. The van der Waals surface area contributed by atoms with Crippen molar-refractivity contribution in [1.29, 1.82) is 0 Å². The van der Waals surface area contributed by atoms with Crippen molar-refractivity contribution in [2.45, 2.75) is 17.9 Å². The standard InChI is InChI=1S/C11H14N2O4S/c1-7(14)13-9(11(15)16)6-18-8-3-4-12-10(5-8)17-2/h3-5,9H,6H2,1-2H3,(H,13,14)(H,15,16). The second-order valence-corrected chi connectivity index (χ2v) is 4.53. The summed E-state index contributed by atoms with van der Waals surface area (Å²) in [6, 6.07) is 2.55. The molecule has 0 fully saturated rings. The van der Waals surface area contributed by atoms with E-state index in [2.05, 4.69) is 10.3 Å². The monoisotopic (exact) mass is 270 g/mol. The van der Waals surface area contributed by atoms with Gasteiger partial charge in [-0.3, -0.25) is 4.79 Å². The molecule has 0 aliphatic rings. The average Bonchev–Trinajstić information content (AvgIpc) is 2.34. The first-order valence-corrected chi connectivity index (χ1v) is 6.14. The molecule has 0 aromatic carbocycles. The molecule has 1 amide bonds.